The quantitative estimate of drug-likeness (QED) is 0.229. The summed E-state index contributed by atoms with van der Waals surface area (Å²) >= 11 is 0. The Bertz CT molecular complexity index is 1110. The zero-order chi connectivity index (χ0) is 16.9. The molecule has 0 bridgehead atoms. The van der Waals surface area contributed by atoms with E-state index < -0.39 is 37.3 Å². The summed E-state index contributed by atoms with van der Waals surface area (Å²) < 4.78 is 23.4. The molecule has 3 rings (SSSR count). The predicted molar refractivity (Wildman–Crippen MR) is 92.7 cm³/mol. The van der Waals surface area contributed by atoms with E-state index in [4.69, 9.17) is 5.14 Å². The molecule has 0 radical (unpaired) electrons. The van der Waals surface area contributed by atoms with Crippen LogP contribution in [0.3, 0.4) is 0 Å². The van der Waals surface area contributed by atoms with Crippen molar-refractivity contribution in [3.05, 3.63) is 34.4 Å². The number of nitro groups is 1. The third-order valence-corrected chi connectivity index (χ3v) is 4.15. The molecule has 0 aliphatic rings. The van der Waals surface area contributed by atoms with Gasteiger partial charge in [0, 0.05) is 11.5 Å². The Morgan fingerprint density at radius 1 is 1.12 bits per heavy atom. The van der Waals surface area contributed by atoms with Gasteiger partial charge < -0.3 is 10.2 Å². The molecule has 0 aliphatic heterocycles. The van der Waals surface area contributed by atoms with Gasteiger partial charge >= 0.3 is 59.1 Å². The minimum atomic E-state index is -4.24. The molecule has 0 atom stereocenters. The molecule has 10 nitrogen and oxygen atoms in total. The molecule has 0 fully saturated rings. The van der Waals surface area contributed by atoms with Crippen LogP contribution < -0.4 is 5.14 Å². The van der Waals surface area contributed by atoms with Crippen molar-refractivity contribution in [1.82, 2.24) is 9.97 Å². The summed E-state index contributed by atoms with van der Waals surface area (Å²) in [6, 6.07) is 4.80. The monoisotopic (exact) mass is 384 g/mol. The molecule has 25 heavy (non-hydrogen) atoms. The molecular formula is C12H10N4Na2O6S. The van der Waals surface area contributed by atoms with E-state index in [2.05, 4.69) is 9.97 Å². The van der Waals surface area contributed by atoms with Crippen molar-refractivity contribution >= 4 is 96.6 Å². The van der Waals surface area contributed by atoms with Crippen molar-refractivity contribution < 1.29 is 23.6 Å². The van der Waals surface area contributed by atoms with E-state index in [-0.39, 0.29) is 80.9 Å². The van der Waals surface area contributed by atoms with E-state index in [1.165, 1.54) is 12.1 Å². The second-order valence-electron chi connectivity index (χ2n) is 4.62. The molecule has 0 unspecified atom stereocenters. The Labute approximate surface area is 184 Å². The van der Waals surface area contributed by atoms with Crippen LogP contribution >= 0.6 is 0 Å². The van der Waals surface area contributed by atoms with E-state index >= 15 is 0 Å². The van der Waals surface area contributed by atoms with Crippen LogP contribution in [0.15, 0.2) is 29.2 Å². The van der Waals surface area contributed by atoms with Crippen LogP contribution in [0.1, 0.15) is 0 Å². The molecule has 1 heterocycles. The van der Waals surface area contributed by atoms with Crippen LogP contribution in [-0.4, -0.2) is 92.6 Å². The number of nitro benzene ring substituents is 1. The zero-order valence-electron chi connectivity index (χ0n) is 11.2. The molecule has 0 saturated heterocycles. The van der Waals surface area contributed by atoms with Crippen molar-refractivity contribution in [2.24, 2.45) is 5.14 Å². The summed E-state index contributed by atoms with van der Waals surface area (Å²) in [4.78, 5) is 17.4. The molecule has 0 aliphatic carbocycles. The number of benzene rings is 2. The van der Waals surface area contributed by atoms with Gasteiger partial charge in [-0.1, -0.05) is 12.1 Å². The summed E-state index contributed by atoms with van der Waals surface area (Å²) in [5.41, 5.74) is -0.644. The van der Waals surface area contributed by atoms with Crippen molar-refractivity contribution in [3.8, 4) is 11.8 Å². The maximum absolute atomic E-state index is 11.7. The Hall–Kier alpha value is -1.05. The average Bonchev–Trinajstić information content (AvgIpc) is 2.46. The molecule has 0 spiro atoms. The Morgan fingerprint density at radius 3 is 2.28 bits per heavy atom. The first-order chi connectivity index (χ1) is 10.7. The minimum absolute atomic E-state index is 0. The Kier molecular flexibility index (Phi) is 6.75. The van der Waals surface area contributed by atoms with Crippen LogP contribution in [0, 0.1) is 10.1 Å². The van der Waals surface area contributed by atoms with Gasteiger partial charge in [0.15, 0.2) is 0 Å². The van der Waals surface area contributed by atoms with Crippen LogP contribution in [0.25, 0.3) is 21.8 Å². The van der Waals surface area contributed by atoms with Gasteiger partial charge in [0.2, 0.25) is 10.0 Å². The molecule has 0 amide bonds. The van der Waals surface area contributed by atoms with Gasteiger partial charge in [0.25, 0.3) is 17.4 Å². The summed E-state index contributed by atoms with van der Waals surface area (Å²) in [7, 11) is -4.24. The molecule has 1 aromatic heterocycles. The molecule has 2 aromatic carbocycles. The molecule has 4 N–H and O–H groups in total. The number of hydrogen-bond donors (Lipinski definition) is 3. The number of primary sulfonamides is 1. The third kappa shape index (κ3) is 3.88. The van der Waals surface area contributed by atoms with Crippen molar-refractivity contribution in [3.63, 3.8) is 0 Å². The number of fused-ring (bicyclic) bond motifs is 3. The first kappa shape index (κ1) is 22.0. The van der Waals surface area contributed by atoms with Crippen LogP contribution in [0.5, 0.6) is 11.8 Å². The Morgan fingerprint density at radius 2 is 1.72 bits per heavy atom. The standard InChI is InChI=1S/C12H8N4O6S.2Na.2H/c13-23(21,22)8-3-1-2-5-9(8)7(16(19)20)4-6-10(5)15-12(18)11(17)14-6;;;;/h1-4H,(H,14,17)(H,15,18)(H2,13,21,22);;;;. The van der Waals surface area contributed by atoms with E-state index in [0.717, 1.165) is 12.1 Å². The number of nitrogens with two attached hydrogens (primary N) is 1. The van der Waals surface area contributed by atoms with Gasteiger partial charge in [-0.3, -0.25) is 10.1 Å². The van der Waals surface area contributed by atoms with Gasteiger partial charge in [-0.05, 0) is 6.07 Å². The number of hydrogen-bond acceptors (Lipinski definition) is 8. The first-order valence-electron chi connectivity index (χ1n) is 6.02. The number of nitrogens with zero attached hydrogens (tertiary/aromatic N) is 3. The fraction of sp³-hybridized carbons (Fsp3) is 0. The normalized spacial score (nSPS) is 10.9. The predicted octanol–water partition coefficient (Wildman–Crippen LogP) is -0.547. The SMILES string of the molecule is NS(=O)(=O)c1cccc2c1c([N+](=O)[O-])cc1nc(O)c(O)nc12.[NaH].[NaH]. The van der Waals surface area contributed by atoms with Gasteiger partial charge in [0.1, 0.15) is 11.0 Å². The fourth-order valence-corrected chi connectivity index (χ4v) is 3.07. The summed E-state index contributed by atoms with van der Waals surface area (Å²) in [5, 5.41) is 35.1. The Balaban J connectivity index is 0.00000156. The van der Waals surface area contributed by atoms with Crippen LogP contribution in [0.2, 0.25) is 0 Å². The fourth-order valence-electron chi connectivity index (χ4n) is 2.30. The summed E-state index contributed by atoms with van der Waals surface area (Å²) in [6.45, 7) is 0. The zero-order valence-corrected chi connectivity index (χ0v) is 12.0. The number of sulfonamides is 1. The second kappa shape index (κ2) is 7.68. The van der Waals surface area contributed by atoms with Crippen LogP contribution in [-0.2, 0) is 10.0 Å². The van der Waals surface area contributed by atoms with Gasteiger partial charge in [-0.2, -0.15) is 0 Å². The van der Waals surface area contributed by atoms with E-state index in [1.807, 2.05) is 0 Å². The van der Waals surface area contributed by atoms with Gasteiger partial charge in [-0.25, -0.2) is 23.5 Å². The van der Waals surface area contributed by atoms with Gasteiger partial charge in [-0.15, -0.1) is 0 Å². The average molecular weight is 384 g/mol. The van der Waals surface area contributed by atoms with E-state index in [0.29, 0.717) is 0 Å². The number of rotatable bonds is 2. The molecule has 13 heteroatoms. The topological polar surface area (TPSA) is 170 Å². The molecule has 0 saturated carbocycles. The molecule has 122 valence electrons. The molecular weight excluding hydrogens is 374 g/mol. The van der Waals surface area contributed by atoms with Crippen molar-refractivity contribution in [2.75, 3.05) is 0 Å². The van der Waals surface area contributed by atoms with Gasteiger partial charge in [0.05, 0.1) is 15.2 Å². The summed E-state index contributed by atoms with van der Waals surface area (Å²) in [5.74, 6) is -1.58. The second-order valence-corrected chi connectivity index (χ2v) is 6.14. The van der Waals surface area contributed by atoms with E-state index in [1.54, 1.807) is 0 Å². The van der Waals surface area contributed by atoms with Crippen molar-refractivity contribution in [1.29, 1.82) is 0 Å². The summed E-state index contributed by atoms with van der Waals surface area (Å²) in [6.07, 6.45) is 0. The van der Waals surface area contributed by atoms with Crippen LogP contribution in [0.4, 0.5) is 5.69 Å². The first-order valence-corrected chi connectivity index (χ1v) is 7.57. The maximum atomic E-state index is 11.7. The van der Waals surface area contributed by atoms with Crippen molar-refractivity contribution in [2.45, 2.75) is 4.90 Å². The van der Waals surface area contributed by atoms with E-state index in [9.17, 15) is 28.7 Å². The number of aromatic nitrogens is 2. The third-order valence-electron chi connectivity index (χ3n) is 3.20. The number of non-ortho nitro benzene ring substituents is 1. The molecule has 3 aromatic rings. The number of aromatic hydroxyl groups is 2.